The largest absolute Gasteiger partial charge is 0.452 e. The first-order valence-corrected chi connectivity index (χ1v) is 7.70. The number of carbonyl (C=O) groups excluding carboxylic acids is 3. The molecule has 2 aromatic rings. The molecule has 0 fully saturated rings. The lowest BCUT2D eigenvalue weighted by molar-refractivity contribution is -0.119. The zero-order chi connectivity index (χ0) is 18.2. The van der Waals surface area contributed by atoms with Gasteiger partial charge in [-0.2, -0.15) is 0 Å². The number of aryl methyl sites for hydroxylation is 1. The first kappa shape index (κ1) is 18.0. The SMILES string of the molecule is CCc1ccc(NC(=O)COC(=O)c2ccc(NC(N)=O)cc2)cc1. The van der Waals surface area contributed by atoms with Gasteiger partial charge in [0.2, 0.25) is 0 Å². The third-order valence-corrected chi connectivity index (χ3v) is 3.37. The number of benzene rings is 2. The third kappa shape index (κ3) is 5.65. The summed E-state index contributed by atoms with van der Waals surface area (Å²) >= 11 is 0. The maximum absolute atomic E-state index is 11.9. The van der Waals surface area contributed by atoms with Crippen LogP contribution in [0.4, 0.5) is 16.2 Å². The highest BCUT2D eigenvalue weighted by Gasteiger charge is 2.10. The molecule has 0 aliphatic rings. The molecule has 0 saturated carbocycles. The minimum Gasteiger partial charge on any atom is -0.452 e. The number of rotatable bonds is 6. The van der Waals surface area contributed by atoms with Crippen LogP contribution in [0.5, 0.6) is 0 Å². The molecule has 0 aromatic heterocycles. The number of hydrogen-bond donors (Lipinski definition) is 3. The molecule has 0 spiro atoms. The fraction of sp³-hybridized carbons (Fsp3) is 0.167. The van der Waals surface area contributed by atoms with Crippen LogP contribution < -0.4 is 16.4 Å². The highest BCUT2D eigenvalue weighted by molar-refractivity contribution is 5.96. The standard InChI is InChI=1S/C18H19N3O4/c1-2-12-3-7-14(8-4-12)20-16(22)11-25-17(23)13-5-9-15(10-6-13)21-18(19)24/h3-10H,2,11H2,1H3,(H,20,22)(H3,19,21,24). The van der Waals surface area contributed by atoms with Gasteiger partial charge in [0.1, 0.15) is 0 Å². The predicted molar refractivity (Wildman–Crippen MR) is 94.4 cm³/mol. The molecular formula is C18H19N3O4. The number of ether oxygens (including phenoxy) is 1. The maximum Gasteiger partial charge on any atom is 0.338 e. The van der Waals surface area contributed by atoms with Gasteiger partial charge in [-0.05, 0) is 48.4 Å². The molecule has 0 bridgehead atoms. The molecule has 4 N–H and O–H groups in total. The molecule has 0 aliphatic heterocycles. The van der Waals surface area contributed by atoms with Crippen LogP contribution in [0, 0.1) is 0 Å². The van der Waals surface area contributed by atoms with Crippen molar-refractivity contribution >= 4 is 29.3 Å². The molecule has 7 heteroatoms. The quantitative estimate of drug-likeness (QED) is 0.701. The Morgan fingerprint density at radius 1 is 0.920 bits per heavy atom. The van der Waals surface area contributed by atoms with Gasteiger partial charge in [0, 0.05) is 11.4 Å². The van der Waals surface area contributed by atoms with E-state index in [1.807, 2.05) is 19.1 Å². The lowest BCUT2D eigenvalue weighted by Gasteiger charge is -2.08. The molecule has 2 aromatic carbocycles. The van der Waals surface area contributed by atoms with Crippen molar-refractivity contribution < 1.29 is 19.1 Å². The number of esters is 1. The lowest BCUT2D eigenvalue weighted by atomic mass is 10.1. The lowest BCUT2D eigenvalue weighted by Crippen LogP contribution is -2.21. The van der Waals surface area contributed by atoms with Crippen molar-refractivity contribution in [3.63, 3.8) is 0 Å². The highest BCUT2D eigenvalue weighted by atomic mass is 16.5. The number of primary amides is 1. The van der Waals surface area contributed by atoms with E-state index < -0.39 is 24.5 Å². The summed E-state index contributed by atoms with van der Waals surface area (Å²) in [5.41, 5.74) is 7.52. The molecule has 25 heavy (non-hydrogen) atoms. The van der Waals surface area contributed by atoms with Gasteiger partial charge in [-0.3, -0.25) is 4.79 Å². The van der Waals surface area contributed by atoms with Gasteiger partial charge < -0.3 is 21.1 Å². The minimum atomic E-state index is -0.695. The van der Waals surface area contributed by atoms with Gasteiger partial charge in [0.25, 0.3) is 5.91 Å². The van der Waals surface area contributed by atoms with Crippen molar-refractivity contribution in [1.29, 1.82) is 0 Å². The second-order valence-corrected chi connectivity index (χ2v) is 5.24. The van der Waals surface area contributed by atoms with Crippen LogP contribution in [0.1, 0.15) is 22.8 Å². The molecule has 7 nitrogen and oxygen atoms in total. The Kier molecular flexibility index (Phi) is 6.11. The number of anilines is 2. The van der Waals surface area contributed by atoms with Crippen LogP contribution in [-0.4, -0.2) is 24.5 Å². The number of urea groups is 1. The Balaban J connectivity index is 1.83. The fourth-order valence-electron chi connectivity index (χ4n) is 2.07. The average Bonchev–Trinajstić information content (AvgIpc) is 2.60. The molecule has 0 atom stereocenters. The van der Waals surface area contributed by atoms with E-state index in [0.717, 1.165) is 6.42 Å². The minimum absolute atomic E-state index is 0.259. The van der Waals surface area contributed by atoms with Crippen molar-refractivity contribution in [2.75, 3.05) is 17.2 Å². The summed E-state index contributed by atoms with van der Waals surface area (Å²) in [5.74, 6) is -1.06. The molecule has 0 unspecified atom stereocenters. The van der Waals surface area contributed by atoms with Crippen LogP contribution in [0.25, 0.3) is 0 Å². The third-order valence-electron chi connectivity index (χ3n) is 3.37. The van der Waals surface area contributed by atoms with Crippen molar-refractivity contribution in [2.45, 2.75) is 13.3 Å². The van der Waals surface area contributed by atoms with Crippen LogP contribution in [0.15, 0.2) is 48.5 Å². The molecule has 0 heterocycles. The average molecular weight is 341 g/mol. The van der Waals surface area contributed by atoms with E-state index in [0.29, 0.717) is 11.4 Å². The first-order chi connectivity index (χ1) is 12.0. The molecule has 2 rings (SSSR count). The molecule has 0 radical (unpaired) electrons. The normalized spacial score (nSPS) is 9.96. The number of hydrogen-bond acceptors (Lipinski definition) is 4. The van der Waals surface area contributed by atoms with E-state index in [1.165, 1.54) is 29.8 Å². The number of nitrogens with one attached hydrogen (secondary N) is 2. The summed E-state index contributed by atoms with van der Waals surface area (Å²) in [6, 6.07) is 12.7. The Morgan fingerprint density at radius 3 is 2.04 bits per heavy atom. The van der Waals surface area contributed by atoms with Gasteiger partial charge in [0.05, 0.1) is 5.56 Å². The smallest absolute Gasteiger partial charge is 0.338 e. The van der Waals surface area contributed by atoms with Crippen molar-refractivity contribution in [3.8, 4) is 0 Å². The summed E-state index contributed by atoms with van der Waals surface area (Å²) < 4.78 is 4.96. The highest BCUT2D eigenvalue weighted by Crippen LogP contribution is 2.11. The molecule has 0 saturated heterocycles. The van der Waals surface area contributed by atoms with Crippen LogP contribution in [0.3, 0.4) is 0 Å². The monoisotopic (exact) mass is 341 g/mol. The molecule has 0 aliphatic carbocycles. The Morgan fingerprint density at radius 2 is 1.48 bits per heavy atom. The van der Waals surface area contributed by atoms with E-state index in [4.69, 9.17) is 10.5 Å². The summed E-state index contributed by atoms with van der Waals surface area (Å²) in [4.78, 5) is 34.5. The summed E-state index contributed by atoms with van der Waals surface area (Å²) in [5, 5.41) is 5.03. The topological polar surface area (TPSA) is 111 Å². The van der Waals surface area contributed by atoms with E-state index in [2.05, 4.69) is 10.6 Å². The number of carbonyl (C=O) groups is 3. The molecule has 130 valence electrons. The van der Waals surface area contributed by atoms with Gasteiger partial charge in [-0.1, -0.05) is 19.1 Å². The van der Waals surface area contributed by atoms with Crippen molar-refractivity contribution in [1.82, 2.24) is 0 Å². The van der Waals surface area contributed by atoms with E-state index >= 15 is 0 Å². The maximum atomic E-state index is 11.9. The van der Waals surface area contributed by atoms with Gasteiger partial charge >= 0.3 is 12.0 Å². The Bertz CT molecular complexity index is 755. The number of nitrogens with two attached hydrogens (primary N) is 1. The van der Waals surface area contributed by atoms with Crippen molar-refractivity contribution in [2.24, 2.45) is 5.73 Å². The zero-order valence-electron chi connectivity index (χ0n) is 13.7. The Labute approximate surface area is 145 Å². The Hall–Kier alpha value is -3.35. The van der Waals surface area contributed by atoms with E-state index in [1.54, 1.807) is 12.1 Å². The van der Waals surface area contributed by atoms with E-state index in [9.17, 15) is 14.4 Å². The predicted octanol–water partition coefficient (Wildman–Crippen LogP) is 2.54. The van der Waals surface area contributed by atoms with E-state index in [-0.39, 0.29) is 5.56 Å². The van der Waals surface area contributed by atoms with Gasteiger partial charge in [-0.25, -0.2) is 9.59 Å². The van der Waals surface area contributed by atoms with Crippen molar-refractivity contribution in [3.05, 3.63) is 59.7 Å². The first-order valence-electron chi connectivity index (χ1n) is 7.70. The summed E-state index contributed by atoms with van der Waals surface area (Å²) in [6.45, 7) is 1.65. The summed E-state index contributed by atoms with van der Waals surface area (Å²) in [6.07, 6.45) is 0.916. The fourth-order valence-corrected chi connectivity index (χ4v) is 2.07. The number of amides is 3. The molecule has 3 amide bonds. The van der Waals surface area contributed by atoms with Crippen LogP contribution >= 0.6 is 0 Å². The summed E-state index contributed by atoms with van der Waals surface area (Å²) in [7, 11) is 0. The second kappa shape index (κ2) is 8.49. The zero-order valence-corrected chi connectivity index (χ0v) is 13.7. The second-order valence-electron chi connectivity index (χ2n) is 5.24. The van der Waals surface area contributed by atoms with Gasteiger partial charge in [-0.15, -0.1) is 0 Å². The van der Waals surface area contributed by atoms with Crippen LogP contribution in [-0.2, 0) is 16.0 Å². The van der Waals surface area contributed by atoms with Gasteiger partial charge in [0.15, 0.2) is 6.61 Å². The molecular weight excluding hydrogens is 322 g/mol. The van der Waals surface area contributed by atoms with Crippen LogP contribution in [0.2, 0.25) is 0 Å².